The summed E-state index contributed by atoms with van der Waals surface area (Å²) in [6, 6.07) is 8.21. The molecule has 2 nitrogen and oxygen atoms in total. The van der Waals surface area contributed by atoms with Crippen LogP contribution < -0.4 is 5.32 Å². The highest BCUT2D eigenvalue weighted by atomic mass is 35.5. The molecule has 1 N–H and O–H groups in total. The molecule has 4 heteroatoms. The van der Waals surface area contributed by atoms with Gasteiger partial charge in [0.2, 0.25) is 0 Å². The number of thiophene rings is 1. The van der Waals surface area contributed by atoms with Crippen molar-refractivity contribution in [1.29, 1.82) is 0 Å². The fraction of sp³-hybridized carbons (Fsp3) is 0.250. The molecule has 2 heterocycles. The predicted octanol–water partition coefficient (Wildman–Crippen LogP) is 3.41. The molecule has 0 saturated carbocycles. The highest BCUT2D eigenvalue weighted by Crippen LogP contribution is 2.31. The first-order chi connectivity index (χ1) is 7.72. The summed E-state index contributed by atoms with van der Waals surface area (Å²) in [5, 5.41) is 3.30. The number of halogens is 1. The average Bonchev–Trinajstić information content (AvgIpc) is 2.69. The summed E-state index contributed by atoms with van der Waals surface area (Å²) in [7, 11) is 1.95. The third kappa shape index (κ3) is 2.26. The van der Waals surface area contributed by atoms with Crippen LogP contribution >= 0.6 is 22.9 Å². The quantitative estimate of drug-likeness (QED) is 0.906. The molecule has 2 aromatic heterocycles. The SMILES string of the molecule is CNC(c1ccc(Cl)s1)c1cccnc1C. The molecule has 0 bridgehead atoms. The van der Waals surface area contributed by atoms with Gasteiger partial charge in [0.25, 0.3) is 0 Å². The largest absolute Gasteiger partial charge is 0.309 e. The normalized spacial score (nSPS) is 12.7. The van der Waals surface area contributed by atoms with Gasteiger partial charge < -0.3 is 5.32 Å². The van der Waals surface area contributed by atoms with E-state index in [1.54, 1.807) is 11.3 Å². The minimum absolute atomic E-state index is 0.172. The van der Waals surface area contributed by atoms with Crippen LogP contribution in [0.15, 0.2) is 30.5 Å². The number of rotatable bonds is 3. The number of pyridine rings is 1. The number of hydrogen-bond donors (Lipinski definition) is 1. The molecular formula is C12H13ClN2S. The van der Waals surface area contributed by atoms with Gasteiger partial charge in [-0.25, -0.2) is 0 Å². The molecule has 1 atom stereocenters. The summed E-state index contributed by atoms with van der Waals surface area (Å²) in [5.74, 6) is 0. The molecule has 1 unspecified atom stereocenters. The second kappa shape index (κ2) is 4.95. The molecule has 0 spiro atoms. The van der Waals surface area contributed by atoms with E-state index >= 15 is 0 Å². The zero-order valence-electron chi connectivity index (χ0n) is 9.20. The zero-order chi connectivity index (χ0) is 11.5. The van der Waals surface area contributed by atoms with Crippen LogP contribution in [-0.4, -0.2) is 12.0 Å². The minimum Gasteiger partial charge on any atom is -0.309 e. The van der Waals surface area contributed by atoms with Gasteiger partial charge in [-0.2, -0.15) is 0 Å². The first kappa shape index (κ1) is 11.6. The highest BCUT2D eigenvalue weighted by Gasteiger charge is 2.16. The maximum atomic E-state index is 5.96. The van der Waals surface area contributed by atoms with Gasteiger partial charge in [-0.15, -0.1) is 11.3 Å². The van der Waals surface area contributed by atoms with Crippen molar-refractivity contribution in [3.05, 3.63) is 50.9 Å². The third-order valence-electron chi connectivity index (χ3n) is 2.53. The molecule has 2 aromatic rings. The summed E-state index contributed by atoms with van der Waals surface area (Å²) in [4.78, 5) is 5.52. The van der Waals surface area contributed by atoms with Crippen molar-refractivity contribution in [1.82, 2.24) is 10.3 Å². The van der Waals surface area contributed by atoms with E-state index in [9.17, 15) is 0 Å². The maximum absolute atomic E-state index is 5.96. The molecule has 0 aliphatic carbocycles. The van der Waals surface area contributed by atoms with Crippen LogP contribution in [0, 0.1) is 6.92 Å². The van der Waals surface area contributed by atoms with Crippen LogP contribution in [0.4, 0.5) is 0 Å². The number of nitrogens with one attached hydrogen (secondary N) is 1. The van der Waals surface area contributed by atoms with Gasteiger partial charge in [-0.1, -0.05) is 17.7 Å². The molecule has 16 heavy (non-hydrogen) atoms. The van der Waals surface area contributed by atoms with E-state index in [1.165, 1.54) is 10.4 Å². The molecule has 84 valence electrons. The lowest BCUT2D eigenvalue weighted by molar-refractivity contribution is 0.694. The molecule has 0 aliphatic rings. The van der Waals surface area contributed by atoms with Crippen LogP contribution in [0.1, 0.15) is 22.2 Å². The smallest absolute Gasteiger partial charge is 0.0931 e. The number of aryl methyl sites for hydroxylation is 1. The third-order valence-corrected chi connectivity index (χ3v) is 3.82. The summed E-state index contributed by atoms with van der Waals surface area (Å²) < 4.78 is 0.816. The molecule has 0 saturated heterocycles. The average molecular weight is 253 g/mol. The molecule has 0 aliphatic heterocycles. The Labute approximate surface area is 104 Å². The van der Waals surface area contributed by atoms with Crippen LogP contribution in [-0.2, 0) is 0 Å². The van der Waals surface area contributed by atoms with Crippen molar-refractivity contribution in [2.24, 2.45) is 0 Å². The van der Waals surface area contributed by atoms with E-state index in [0.29, 0.717) is 0 Å². The van der Waals surface area contributed by atoms with Crippen molar-refractivity contribution < 1.29 is 0 Å². The molecular weight excluding hydrogens is 240 g/mol. The van der Waals surface area contributed by atoms with Gasteiger partial charge in [0.1, 0.15) is 0 Å². The topological polar surface area (TPSA) is 24.9 Å². The van der Waals surface area contributed by atoms with Crippen molar-refractivity contribution in [3.8, 4) is 0 Å². The lowest BCUT2D eigenvalue weighted by atomic mass is 10.0. The molecule has 2 rings (SSSR count). The van der Waals surface area contributed by atoms with Gasteiger partial charge in [0, 0.05) is 16.8 Å². The summed E-state index contributed by atoms with van der Waals surface area (Å²) in [6.07, 6.45) is 1.81. The first-order valence-electron chi connectivity index (χ1n) is 5.06. The lowest BCUT2D eigenvalue weighted by Crippen LogP contribution is -2.17. The van der Waals surface area contributed by atoms with Crippen molar-refractivity contribution in [2.75, 3.05) is 7.05 Å². The Kier molecular flexibility index (Phi) is 3.59. The number of nitrogens with zero attached hydrogens (tertiary/aromatic N) is 1. The Balaban J connectivity index is 2.40. The monoisotopic (exact) mass is 252 g/mol. The molecule has 0 amide bonds. The van der Waals surface area contributed by atoms with Gasteiger partial charge in [0.05, 0.1) is 10.4 Å². The van der Waals surface area contributed by atoms with E-state index in [0.717, 1.165) is 10.0 Å². The van der Waals surface area contributed by atoms with Crippen molar-refractivity contribution in [3.63, 3.8) is 0 Å². The zero-order valence-corrected chi connectivity index (χ0v) is 10.8. The van der Waals surface area contributed by atoms with E-state index < -0.39 is 0 Å². The highest BCUT2D eigenvalue weighted by molar-refractivity contribution is 7.16. The second-order valence-corrected chi connectivity index (χ2v) is 5.29. The molecule has 0 aromatic carbocycles. The Morgan fingerprint density at radius 2 is 2.19 bits per heavy atom. The second-order valence-electron chi connectivity index (χ2n) is 3.54. The van der Waals surface area contributed by atoms with E-state index in [1.807, 2.05) is 32.3 Å². The first-order valence-corrected chi connectivity index (χ1v) is 6.26. The standard InChI is InChI=1S/C12H13ClN2S/c1-8-9(4-3-7-15-8)12(14-2)10-5-6-11(13)16-10/h3-7,12,14H,1-2H3. The Morgan fingerprint density at radius 1 is 1.38 bits per heavy atom. The lowest BCUT2D eigenvalue weighted by Gasteiger charge is -2.16. The van der Waals surface area contributed by atoms with E-state index in [4.69, 9.17) is 11.6 Å². The van der Waals surface area contributed by atoms with Crippen LogP contribution in [0.2, 0.25) is 4.34 Å². The summed E-state index contributed by atoms with van der Waals surface area (Å²) >= 11 is 7.56. The van der Waals surface area contributed by atoms with Gasteiger partial charge in [-0.3, -0.25) is 4.98 Å². The fourth-order valence-corrected chi connectivity index (χ4v) is 2.93. The van der Waals surface area contributed by atoms with Crippen LogP contribution in [0.25, 0.3) is 0 Å². The predicted molar refractivity (Wildman–Crippen MR) is 69.2 cm³/mol. The van der Waals surface area contributed by atoms with E-state index in [2.05, 4.69) is 22.4 Å². The van der Waals surface area contributed by atoms with Crippen LogP contribution in [0.3, 0.4) is 0 Å². The van der Waals surface area contributed by atoms with Gasteiger partial charge in [-0.05, 0) is 37.7 Å². The summed E-state index contributed by atoms with van der Waals surface area (Å²) in [5.41, 5.74) is 2.25. The molecule has 0 fully saturated rings. The molecule has 0 radical (unpaired) electrons. The minimum atomic E-state index is 0.172. The Morgan fingerprint density at radius 3 is 2.75 bits per heavy atom. The Bertz CT molecular complexity index is 481. The van der Waals surface area contributed by atoms with Crippen LogP contribution in [0.5, 0.6) is 0 Å². The maximum Gasteiger partial charge on any atom is 0.0931 e. The van der Waals surface area contributed by atoms with Gasteiger partial charge >= 0.3 is 0 Å². The Hall–Kier alpha value is -0.900. The fourth-order valence-electron chi connectivity index (χ4n) is 1.74. The van der Waals surface area contributed by atoms with E-state index in [-0.39, 0.29) is 6.04 Å². The van der Waals surface area contributed by atoms with Gasteiger partial charge in [0.15, 0.2) is 0 Å². The summed E-state index contributed by atoms with van der Waals surface area (Å²) in [6.45, 7) is 2.02. The van der Waals surface area contributed by atoms with Crippen molar-refractivity contribution in [2.45, 2.75) is 13.0 Å². The number of aromatic nitrogens is 1. The number of hydrogen-bond acceptors (Lipinski definition) is 3. The van der Waals surface area contributed by atoms with Crippen molar-refractivity contribution >= 4 is 22.9 Å².